The molecule has 1 aromatic heterocycles. The molecule has 0 saturated heterocycles. The van der Waals surface area contributed by atoms with Crippen LogP contribution in [0.15, 0.2) is 60.8 Å². The molecule has 0 fully saturated rings. The Labute approximate surface area is 162 Å². The number of hydrogen-bond donors (Lipinski definition) is 1. The lowest BCUT2D eigenvalue weighted by Crippen LogP contribution is -2.32. The maximum atomic E-state index is 13.0. The van der Waals surface area contributed by atoms with Gasteiger partial charge in [0.15, 0.2) is 6.17 Å². The molecular formula is C21H18ClN3O2. The molecule has 4 rings (SSSR count). The summed E-state index contributed by atoms with van der Waals surface area (Å²) in [7, 11) is 1.57. The van der Waals surface area contributed by atoms with Gasteiger partial charge in [-0.2, -0.15) is 0 Å². The van der Waals surface area contributed by atoms with Gasteiger partial charge in [0, 0.05) is 17.6 Å². The first-order valence-electron chi connectivity index (χ1n) is 8.53. The summed E-state index contributed by atoms with van der Waals surface area (Å²) in [5.41, 5.74) is 3.99. The van der Waals surface area contributed by atoms with Crippen molar-refractivity contribution >= 4 is 28.9 Å². The maximum absolute atomic E-state index is 13.0. The molecule has 136 valence electrons. The number of benzene rings is 2. The number of carbonyl (C=O) groups is 1. The molecule has 0 radical (unpaired) electrons. The van der Waals surface area contributed by atoms with E-state index in [0.29, 0.717) is 22.0 Å². The number of aryl methyl sites for hydroxylation is 1. The summed E-state index contributed by atoms with van der Waals surface area (Å²) in [5.74, 6) is 0.512. The highest BCUT2D eigenvalue weighted by Gasteiger charge is 2.39. The molecule has 6 heteroatoms. The minimum atomic E-state index is -0.430. The maximum Gasteiger partial charge on any atom is 0.262 e. The number of anilines is 2. The fraction of sp³-hybridized carbons (Fsp3) is 0.143. The van der Waals surface area contributed by atoms with Gasteiger partial charge in [0.2, 0.25) is 0 Å². The number of halogens is 1. The zero-order valence-corrected chi connectivity index (χ0v) is 15.7. The van der Waals surface area contributed by atoms with Crippen molar-refractivity contribution in [3.8, 4) is 5.75 Å². The molecule has 3 aromatic rings. The predicted octanol–water partition coefficient (Wildman–Crippen LogP) is 4.82. The number of nitrogens with zero attached hydrogens (tertiary/aromatic N) is 2. The van der Waals surface area contributed by atoms with Crippen LogP contribution in [0.1, 0.15) is 27.8 Å². The van der Waals surface area contributed by atoms with Gasteiger partial charge in [0.05, 0.1) is 23.4 Å². The van der Waals surface area contributed by atoms with Crippen LogP contribution in [0.5, 0.6) is 5.75 Å². The zero-order chi connectivity index (χ0) is 19.0. The smallest absolute Gasteiger partial charge is 0.262 e. The highest BCUT2D eigenvalue weighted by atomic mass is 35.5. The average molecular weight is 380 g/mol. The van der Waals surface area contributed by atoms with Crippen molar-refractivity contribution in [2.45, 2.75) is 13.1 Å². The molecule has 0 aliphatic carbocycles. The number of carbonyl (C=O) groups excluding carboxylic acids is 1. The van der Waals surface area contributed by atoms with Crippen LogP contribution in [0.2, 0.25) is 5.02 Å². The Bertz CT molecular complexity index is 1000. The zero-order valence-electron chi connectivity index (χ0n) is 14.9. The van der Waals surface area contributed by atoms with Crippen LogP contribution in [-0.4, -0.2) is 18.0 Å². The standard InChI is InChI=1S/C21H18ClN3O2/c1-13-5-8-15(9-6-13)25-20(19-16(21(25)26)4-3-11-23-19)24-14-7-10-18(27-2)17(22)12-14/h3-12,20,24H,1-2H3. The van der Waals surface area contributed by atoms with Crippen LogP contribution in [0.25, 0.3) is 0 Å². The summed E-state index contributed by atoms with van der Waals surface area (Å²) in [5, 5.41) is 3.88. The van der Waals surface area contributed by atoms with Crippen molar-refractivity contribution in [1.29, 1.82) is 0 Å². The molecule has 0 bridgehead atoms. The number of aromatic nitrogens is 1. The number of nitrogens with one attached hydrogen (secondary N) is 1. The van der Waals surface area contributed by atoms with Crippen molar-refractivity contribution in [3.63, 3.8) is 0 Å². The van der Waals surface area contributed by atoms with Crippen LogP contribution < -0.4 is 15.0 Å². The minimum absolute atomic E-state index is 0.0842. The highest BCUT2D eigenvalue weighted by Crippen LogP contribution is 2.38. The van der Waals surface area contributed by atoms with Crippen molar-refractivity contribution in [1.82, 2.24) is 4.98 Å². The first kappa shape index (κ1) is 17.4. The molecule has 1 unspecified atom stereocenters. The highest BCUT2D eigenvalue weighted by molar-refractivity contribution is 6.32. The van der Waals surface area contributed by atoms with Crippen molar-refractivity contribution in [2.24, 2.45) is 0 Å². The van der Waals surface area contributed by atoms with Crippen LogP contribution in [0.3, 0.4) is 0 Å². The number of fused-ring (bicyclic) bond motifs is 1. The van der Waals surface area contributed by atoms with Crippen LogP contribution >= 0.6 is 11.6 Å². The molecular weight excluding hydrogens is 362 g/mol. The topological polar surface area (TPSA) is 54.5 Å². The molecule has 2 heterocycles. The molecule has 1 amide bonds. The fourth-order valence-electron chi connectivity index (χ4n) is 3.20. The monoisotopic (exact) mass is 379 g/mol. The summed E-state index contributed by atoms with van der Waals surface area (Å²) in [4.78, 5) is 19.2. The van der Waals surface area contributed by atoms with Gasteiger partial charge in [0.1, 0.15) is 5.75 Å². The predicted molar refractivity (Wildman–Crippen MR) is 107 cm³/mol. The Hall–Kier alpha value is -3.05. The normalized spacial score (nSPS) is 15.6. The van der Waals surface area contributed by atoms with Crippen LogP contribution in [0, 0.1) is 6.92 Å². The van der Waals surface area contributed by atoms with Gasteiger partial charge < -0.3 is 10.1 Å². The molecule has 1 atom stereocenters. The molecule has 0 saturated carbocycles. The lowest BCUT2D eigenvalue weighted by Gasteiger charge is -2.27. The number of methoxy groups -OCH3 is 1. The van der Waals surface area contributed by atoms with E-state index in [9.17, 15) is 4.79 Å². The molecule has 1 aliphatic rings. The SMILES string of the molecule is COc1ccc(NC2c3ncccc3C(=O)N2c2ccc(C)cc2)cc1Cl. The van der Waals surface area contributed by atoms with Gasteiger partial charge in [-0.3, -0.25) is 14.7 Å². The van der Waals surface area contributed by atoms with E-state index in [1.54, 1.807) is 42.5 Å². The van der Waals surface area contributed by atoms with Crippen molar-refractivity contribution in [2.75, 3.05) is 17.3 Å². The summed E-state index contributed by atoms with van der Waals surface area (Å²) >= 11 is 6.25. The Morgan fingerprint density at radius 1 is 1.15 bits per heavy atom. The molecule has 0 spiro atoms. The first-order valence-corrected chi connectivity index (χ1v) is 8.91. The van der Waals surface area contributed by atoms with E-state index in [2.05, 4.69) is 10.3 Å². The summed E-state index contributed by atoms with van der Waals surface area (Å²) in [6.45, 7) is 2.01. The lowest BCUT2D eigenvalue weighted by molar-refractivity contribution is 0.0993. The number of pyridine rings is 1. The number of hydrogen-bond acceptors (Lipinski definition) is 4. The first-order chi connectivity index (χ1) is 13.1. The second-order valence-electron chi connectivity index (χ2n) is 6.34. The lowest BCUT2D eigenvalue weighted by atomic mass is 10.2. The van der Waals surface area contributed by atoms with Gasteiger partial charge >= 0.3 is 0 Å². The number of amides is 1. The Morgan fingerprint density at radius 3 is 2.63 bits per heavy atom. The van der Waals surface area contributed by atoms with E-state index in [-0.39, 0.29) is 5.91 Å². The average Bonchev–Trinajstić information content (AvgIpc) is 2.95. The van der Waals surface area contributed by atoms with Gasteiger partial charge in [-0.05, 0) is 49.4 Å². The third kappa shape index (κ3) is 3.11. The summed E-state index contributed by atoms with van der Waals surface area (Å²) < 4.78 is 5.21. The van der Waals surface area contributed by atoms with Gasteiger partial charge in [-0.1, -0.05) is 29.3 Å². The third-order valence-electron chi connectivity index (χ3n) is 4.57. The Kier molecular flexibility index (Phi) is 4.46. The third-order valence-corrected chi connectivity index (χ3v) is 4.87. The summed E-state index contributed by atoms with van der Waals surface area (Å²) in [6.07, 6.45) is 1.27. The van der Waals surface area contributed by atoms with E-state index in [1.807, 2.05) is 37.3 Å². The van der Waals surface area contributed by atoms with E-state index < -0.39 is 6.17 Å². The van der Waals surface area contributed by atoms with Crippen molar-refractivity contribution < 1.29 is 9.53 Å². The van der Waals surface area contributed by atoms with E-state index >= 15 is 0 Å². The fourth-order valence-corrected chi connectivity index (χ4v) is 3.46. The van der Waals surface area contributed by atoms with E-state index in [4.69, 9.17) is 16.3 Å². The molecule has 1 N–H and O–H groups in total. The van der Waals surface area contributed by atoms with Gasteiger partial charge in [-0.15, -0.1) is 0 Å². The van der Waals surface area contributed by atoms with E-state index in [1.165, 1.54) is 0 Å². The number of ether oxygens (including phenoxy) is 1. The molecule has 27 heavy (non-hydrogen) atoms. The summed E-state index contributed by atoms with van der Waals surface area (Å²) in [6, 6.07) is 16.9. The second-order valence-corrected chi connectivity index (χ2v) is 6.75. The van der Waals surface area contributed by atoms with Gasteiger partial charge in [0.25, 0.3) is 5.91 Å². The van der Waals surface area contributed by atoms with Crippen LogP contribution in [-0.2, 0) is 0 Å². The van der Waals surface area contributed by atoms with E-state index in [0.717, 1.165) is 16.9 Å². The molecule has 5 nitrogen and oxygen atoms in total. The molecule has 1 aliphatic heterocycles. The quantitative estimate of drug-likeness (QED) is 0.705. The van der Waals surface area contributed by atoms with Gasteiger partial charge in [-0.25, -0.2) is 0 Å². The number of rotatable bonds is 4. The van der Waals surface area contributed by atoms with Crippen molar-refractivity contribution in [3.05, 3.63) is 82.6 Å². The Morgan fingerprint density at radius 2 is 1.93 bits per heavy atom. The van der Waals surface area contributed by atoms with Crippen LogP contribution in [0.4, 0.5) is 11.4 Å². The second kappa shape index (κ2) is 6.93. The molecule has 2 aromatic carbocycles. The minimum Gasteiger partial charge on any atom is -0.495 e. The Balaban J connectivity index is 1.75. The largest absolute Gasteiger partial charge is 0.495 e.